The number of methoxy groups -OCH3 is 1. The Labute approximate surface area is 98.0 Å². The molecule has 0 saturated carbocycles. The summed E-state index contributed by atoms with van der Waals surface area (Å²) in [6.07, 6.45) is 5.25. The molecule has 1 aromatic carbocycles. The molecule has 2 rings (SSSR count). The van der Waals surface area contributed by atoms with Crippen LogP contribution in [0.2, 0.25) is 0 Å². The molecule has 1 aliphatic carbocycles. The van der Waals surface area contributed by atoms with Crippen LogP contribution in [0.25, 0.3) is 0 Å². The van der Waals surface area contributed by atoms with Crippen LogP contribution in [0.5, 0.6) is 0 Å². The summed E-state index contributed by atoms with van der Waals surface area (Å²) in [7, 11) is 1.74. The highest BCUT2D eigenvalue weighted by atomic mass is 16.5. The molecule has 0 atom stereocenters. The number of hydrogen-bond acceptors (Lipinski definition) is 2. The number of fused-ring (bicyclic) bond motifs is 1. The monoisotopic (exact) mass is 219 g/mol. The van der Waals surface area contributed by atoms with E-state index in [0.29, 0.717) is 0 Å². The molecular formula is C14H21NO. The van der Waals surface area contributed by atoms with Crippen molar-refractivity contribution < 1.29 is 4.74 Å². The molecule has 2 heteroatoms. The van der Waals surface area contributed by atoms with Crippen LogP contribution in [-0.2, 0) is 24.1 Å². The number of nitrogens with one attached hydrogen (secondary N) is 1. The van der Waals surface area contributed by atoms with Crippen molar-refractivity contribution in [1.82, 2.24) is 5.32 Å². The van der Waals surface area contributed by atoms with Crippen molar-refractivity contribution in [3.05, 3.63) is 34.9 Å². The lowest BCUT2D eigenvalue weighted by Crippen LogP contribution is -2.18. The lowest BCUT2D eigenvalue weighted by atomic mass is 9.90. The van der Waals surface area contributed by atoms with E-state index in [4.69, 9.17) is 4.74 Å². The molecule has 2 nitrogen and oxygen atoms in total. The standard InChI is InChI=1S/C14H21NO/c1-16-9-8-15-11-12-6-7-13-4-2-3-5-14(13)10-12/h6-7,10,15H,2-5,8-9,11H2,1H3. The van der Waals surface area contributed by atoms with E-state index in [1.54, 1.807) is 18.2 Å². The van der Waals surface area contributed by atoms with E-state index < -0.39 is 0 Å². The van der Waals surface area contributed by atoms with Crippen LogP contribution in [0.1, 0.15) is 29.5 Å². The molecule has 1 aliphatic rings. The Morgan fingerprint density at radius 3 is 2.81 bits per heavy atom. The van der Waals surface area contributed by atoms with Gasteiger partial charge in [-0.3, -0.25) is 0 Å². The molecule has 88 valence electrons. The summed E-state index contributed by atoms with van der Waals surface area (Å²) in [5.74, 6) is 0. The van der Waals surface area contributed by atoms with E-state index in [2.05, 4.69) is 23.5 Å². The van der Waals surface area contributed by atoms with Crippen LogP contribution in [0.15, 0.2) is 18.2 Å². The maximum absolute atomic E-state index is 5.01. The second-order valence-corrected chi connectivity index (χ2v) is 4.48. The Bertz CT molecular complexity index is 336. The lowest BCUT2D eigenvalue weighted by Gasteiger charge is -2.16. The van der Waals surface area contributed by atoms with Crippen molar-refractivity contribution in [1.29, 1.82) is 0 Å². The number of hydrogen-bond donors (Lipinski definition) is 1. The second kappa shape index (κ2) is 6.02. The predicted octanol–water partition coefficient (Wildman–Crippen LogP) is 2.30. The maximum Gasteiger partial charge on any atom is 0.0587 e. The zero-order valence-electron chi connectivity index (χ0n) is 10.1. The predicted molar refractivity (Wildman–Crippen MR) is 66.7 cm³/mol. The van der Waals surface area contributed by atoms with E-state index in [1.807, 2.05) is 0 Å². The van der Waals surface area contributed by atoms with Crippen molar-refractivity contribution in [2.45, 2.75) is 32.2 Å². The Morgan fingerprint density at radius 1 is 1.19 bits per heavy atom. The summed E-state index contributed by atoms with van der Waals surface area (Å²) in [4.78, 5) is 0. The van der Waals surface area contributed by atoms with Gasteiger partial charge in [-0.2, -0.15) is 0 Å². The molecule has 0 heterocycles. The highest BCUT2D eigenvalue weighted by molar-refractivity contribution is 5.33. The number of aryl methyl sites for hydroxylation is 2. The van der Waals surface area contributed by atoms with Gasteiger partial charge >= 0.3 is 0 Å². The molecule has 0 aromatic heterocycles. The molecular weight excluding hydrogens is 198 g/mol. The normalized spacial score (nSPS) is 14.8. The van der Waals surface area contributed by atoms with Gasteiger partial charge in [-0.1, -0.05) is 18.2 Å². The van der Waals surface area contributed by atoms with E-state index in [1.165, 1.54) is 31.2 Å². The highest BCUT2D eigenvalue weighted by Crippen LogP contribution is 2.22. The fourth-order valence-electron chi connectivity index (χ4n) is 2.30. The van der Waals surface area contributed by atoms with Crippen LogP contribution < -0.4 is 5.32 Å². The first kappa shape index (κ1) is 11.6. The quantitative estimate of drug-likeness (QED) is 0.767. The summed E-state index contributed by atoms with van der Waals surface area (Å²) < 4.78 is 5.01. The first-order valence-electron chi connectivity index (χ1n) is 6.20. The number of ether oxygens (including phenoxy) is 1. The van der Waals surface area contributed by atoms with Crippen LogP contribution >= 0.6 is 0 Å². The van der Waals surface area contributed by atoms with E-state index >= 15 is 0 Å². The SMILES string of the molecule is COCCNCc1ccc2c(c1)CCCC2. The Morgan fingerprint density at radius 2 is 2.00 bits per heavy atom. The fourth-order valence-corrected chi connectivity index (χ4v) is 2.30. The molecule has 1 aromatic rings. The first-order chi connectivity index (χ1) is 7.90. The average molecular weight is 219 g/mol. The summed E-state index contributed by atoms with van der Waals surface area (Å²) in [6.45, 7) is 2.66. The second-order valence-electron chi connectivity index (χ2n) is 4.48. The van der Waals surface area contributed by atoms with Crippen LogP contribution in [-0.4, -0.2) is 20.3 Å². The number of benzene rings is 1. The third-order valence-corrected chi connectivity index (χ3v) is 3.22. The fraction of sp³-hybridized carbons (Fsp3) is 0.571. The zero-order valence-corrected chi connectivity index (χ0v) is 10.1. The third-order valence-electron chi connectivity index (χ3n) is 3.22. The lowest BCUT2D eigenvalue weighted by molar-refractivity contribution is 0.199. The van der Waals surface area contributed by atoms with Crippen molar-refractivity contribution in [3.8, 4) is 0 Å². The van der Waals surface area contributed by atoms with Gasteiger partial charge in [0.25, 0.3) is 0 Å². The van der Waals surface area contributed by atoms with Gasteiger partial charge in [-0.25, -0.2) is 0 Å². The van der Waals surface area contributed by atoms with Crippen molar-refractivity contribution in [2.75, 3.05) is 20.3 Å². The molecule has 0 bridgehead atoms. The smallest absolute Gasteiger partial charge is 0.0587 e. The number of rotatable bonds is 5. The van der Waals surface area contributed by atoms with E-state index in [9.17, 15) is 0 Å². The van der Waals surface area contributed by atoms with Crippen LogP contribution in [0.4, 0.5) is 0 Å². The molecule has 0 fully saturated rings. The highest BCUT2D eigenvalue weighted by Gasteiger charge is 2.08. The van der Waals surface area contributed by atoms with Gasteiger partial charge in [0, 0.05) is 20.2 Å². The van der Waals surface area contributed by atoms with E-state index in [0.717, 1.165) is 19.7 Å². The first-order valence-corrected chi connectivity index (χ1v) is 6.20. The Balaban J connectivity index is 1.90. The van der Waals surface area contributed by atoms with Gasteiger partial charge in [0.1, 0.15) is 0 Å². The molecule has 0 spiro atoms. The van der Waals surface area contributed by atoms with Gasteiger partial charge in [0.2, 0.25) is 0 Å². The van der Waals surface area contributed by atoms with Gasteiger partial charge in [-0.05, 0) is 42.4 Å². The topological polar surface area (TPSA) is 21.3 Å². The zero-order chi connectivity index (χ0) is 11.2. The summed E-state index contributed by atoms with van der Waals surface area (Å²) in [5.41, 5.74) is 4.53. The molecule has 1 N–H and O–H groups in total. The van der Waals surface area contributed by atoms with Gasteiger partial charge in [0.05, 0.1) is 6.61 Å². The van der Waals surface area contributed by atoms with Gasteiger partial charge in [0.15, 0.2) is 0 Å². The average Bonchev–Trinajstić information content (AvgIpc) is 2.34. The Kier molecular flexibility index (Phi) is 4.37. The summed E-state index contributed by atoms with van der Waals surface area (Å²) in [5, 5.41) is 3.38. The third kappa shape index (κ3) is 3.06. The van der Waals surface area contributed by atoms with Crippen molar-refractivity contribution in [2.24, 2.45) is 0 Å². The largest absolute Gasteiger partial charge is 0.383 e. The summed E-state index contributed by atoms with van der Waals surface area (Å²) >= 11 is 0. The minimum atomic E-state index is 0.783. The molecule has 0 aliphatic heterocycles. The van der Waals surface area contributed by atoms with Crippen LogP contribution in [0, 0.1) is 0 Å². The van der Waals surface area contributed by atoms with E-state index in [-0.39, 0.29) is 0 Å². The van der Waals surface area contributed by atoms with Gasteiger partial charge in [-0.15, -0.1) is 0 Å². The summed E-state index contributed by atoms with van der Waals surface area (Å²) in [6, 6.07) is 6.93. The molecule has 0 amide bonds. The molecule has 0 radical (unpaired) electrons. The van der Waals surface area contributed by atoms with Crippen molar-refractivity contribution in [3.63, 3.8) is 0 Å². The molecule has 0 saturated heterocycles. The molecule has 16 heavy (non-hydrogen) atoms. The van der Waals surface area contributed by atoms with Gasteiger partial charge < -0.3 is 10.1 Å². The minimum absolute atomic E-state index is 0.783. The minimum Gasteiger partial charge on any atom is -0.383 e. The van der Waals surface area contributed by atoms with Crippen LogP contribution in [0.3, 0.4) is 0 Å². The Hall–Kier alpha value is -0.860. The maximum atomic E-state index is 5.01. The van der Waals surface area contributed by atoms with Crippen molar-refractivity contribution >= 4 is 0 Å². The molecule has 0 unspecified atom stereocenters.